The molecule has 1 aromatic heterocycles. The zero-order valence-electron chi connectivity index (χ0n) is 15.7. The normalized spacial score (nSPS) is 22.2. The molecule has 2 aliphatic rings. The predicted molar refractivity (Wildman–Crippen MR) is 116 cm³/mol. The Labute approximate surface area is 186 Å². The summed E-state index contributed by atoms with van der Waals surface area (Å²) in [6.07, 6.45) is 2.15. The third-order valence-electron chi connectivity index (χ3n) is 5.53. The smallest absolute Gasteiger partial charge is 0.262 e. The second-order valence-electron chi connectivity index (χ2n) is 7.47. The van der Waals surface area contributed by atoms with E-state index in [0.717, 1.165) is 31.5 Å². The maximum absolute atomic E-state index is 14.2. The second-order valence-corrected chi connectivity index (χ2v) is 7.91. The predicted octanol–water partition coefficient (Wildman–Crippen LogP) is 3.81. The van der Waals surface area contributed by atoms with E-state index in [1.165, 1.54) is 0 Å². The molecule has 0 bridgehead atoms. The molecule has 6 nitrogen and oxygen atoms in total. The number of nitrogens with two attached hydrogens (primary N) is 1. The number of halogens is 5. The lowest BCUT2D eigenvalue weighted by molar-refractivity contribution is 0.00626. The monoisotopic (exact) mass is 468 g/mol. The Morgan fingerprint density at radius 2 is 1.79 bits per heavy atom. The van der Waals surface area contributed by atoms with Crippen LogP contribution in [0, 0.1) is 0 Å². The summed E-state index contributed by atoms with van der Waals surface area (Å²) in [4.78, 5) is 7.01. The number of likely N-dealkylation sites (tertiary alicyclic amines) is 1. The molecular formula is C18H25Cl3F2N6. The number of benzene rings is 1. The van der Waals surface area contributed by atoms with Crippen molar-refractivity contribution in [1.82, 2.24) is 20.1 Å². The first-order valence-electron chi connectivity index (χ1n) is 9.21. The molecule has 29 heavy (non-hydrogen) atoms. The van der Waals surface area contributed by atoms with Crippen molar-refractivity contribution in [3.8, 4) is 0 Å². The van der Waals surface area contributed by atoms with Gasteiger partial charge < -0.3 is 10.6 Å². The Bertz CT molecular complexity index is 780. The minimum absolute atomic E-state index is 0. The van der Waals surface area contributed by atoms with Gasteiger partial charge in [0.1, 0.15) is 0 Å². The van der Waals surface area contributed by atoms with Gasteiger partial charge in [-0.05, 0) is 37.0 Å². The Balaban J connectivity index is 0.00000150. The van der Waals surface area contributed by atoms with Crippen molar-refractivity contribution in [1.29, 1.82) is 0 Å². The lowest BCUT2D eigenvalue weighted by Gasteiger charge is -2.39. The number of H-pyrrole nitrogens is 1. The van der Waals surface area contributed by atoms with Crippen LogP contribution in [0.3, 0.4) is 0 Å². The van der Waals surface area contributed by atoms with Gasteiger partial charge in [0.15, 0.2) is 0 Å². The van der Waals surface area contributed by atoms with Crippen molar-refractivity contribution in [3.05, 3.63) is 34.9 Å². The fraction of sp³-hybridized carbons (Fsp3) is 0.556. The van der Waals surface area contributed by atoms with Crippen LogP contribution in [0.5, 0.6) is 0 Å². The fourth-order valence-corrected chi connectivity index (χ4v) is 4.38. The molecule has 0 radical (unpaired) electrons. The largest absolute Gasteiger partial charge is 0.368 e. The van der Waals surface area contributed by atoms with Crippen LogP contribution in [0.2, 0.25) is 5.02 Å². The molecule has 0 saturated carbocycles. The molecule has 0 aliphatic carbocycles. The number of rotatable bonds is 4. The number of aromatic amines is 1. The van der Waals surface area contributed by atoms with Gasteiger partial charge in [-0.3, -0.25) is 9.88 Å². The van der Waals surface area contributed by atoms with Crippen LogP contribution in [-0.2, 0) is 6.42 Å². The maximum Gasteiger partial charge on any atom is 0.262 e. The molecule has 2 saturated heterocycles. The first-order valence-corrected chi connectivity index (χ1v) is 9.58. The van der Waals surface area contributed by atoms with E-state index >= 15 is 0 Å². The van der Waals surface area contributed by atoms with Crippen molar-refractivity contribution in [3.63, 3.8) is 0 Å². The van der Waals surface area contributed by atoms with Crippen molar-refractivity contribution in [2.24, 2.45) is 0 Å². The Morgan fingerprint density at radius 1 is 1.14 bits per heavy atom. The zero-order valence-corrected chi connectivity index (χ0v) is 18.1. The minimum Gasteiger partial charge on any atom is -0.368 e. The molecule has 2 fully saturated rings. The number of nitrogens with zero attached hydrogens (tertiary/aromatic N) is 4. The van der Waals surface area contributed by atoms with Crippen LogP contribution in [-0.4, -0.2) is 57.7 Å². The van der Waals surface area contributed by atoms with Gasteiger partial charge in [-0.2, -0.15) is 0 Å². The highest BCUT2D eigenvalue weighted by Crippen LogP contribution is 2.37. The zero-order chi connectivity index (χ0) is 19.0. The fourth-order valence-electron chi connectivity index (χ4n) is 4.25. The van der Waals surface area contributed by atoms with Crippen molar-refractivity contribution < 1.29 is 8.78 Å². The summed E-state index contributed by atoms with van der Waals surface area (Å²) in [7, 11) is 0. The van der Waals surface area contributed by atoms with E-state index in [2.05, 4.69) is 20.1 Å². The van der Waals surface area contributed by atoms with Crippen LogP contribution in [0.15, 0.2) is 24.3 Å². The highest BCUT2D eigenvalue weighted by atomic mass is 35.5. The summed E-state index contributed by atoms with van der Waals surface area (Å²) in [5.74, 6) is -1.70. The Hall–Kier alpha value is -1.35. The van der Waals surface area contributed by atoms with Crippen LogP contribution in [0.25, 0.3) is 0 Å². The molecule has 3 heterocycles. The topological polar surface area (TPSA) is 74.1 Å². The number of hydrogen-bond acceptors (Lipinski definition) is 5. The number of anilines is 2. The number of piperidine rings is 1. The van der Waals surface area contributed by atoms with E-state index in [1.54, 1.807) is 0 Å². The molecule has 1 aromatic carbocycles. The molecular weight excluding hydrogens is 445 g/mol. The van der Waals surface area contributed by atoms with Gasteiger partial charge >= 0.3 is 0 Å². The summed E-state index contributed by atoms with van der Waals surface area (Å²) in [6.45, 7) is 1.33. The lowest BCUT2D eigenvalue weighted by Crippen LogP contribution is -2.48. The Morgan fingerprint density at radius 3 is 2.38 bits per heavy atom. The summed E-state index contributed by atoms with van der Waals surface area (Å²) >= 11 is 5.93. The highest BCUT2D eigenvalue weighted by Gasteiger charge is 2.47. The molecule has 2 aliphatic heterocycles. The third kappa shape index (κ3) is 5.63. The van der Waals surface area contributed by atoms with Gasteiger partial charge in [0.2, 0.25) is 11.9 Å². The first kappa shape index (κ1) is 23.9. The molecule has 0 unspecified atom stereocenters. The van der Waals surface area contributed by atoms with E-state index in [-0.39, 0.29) is 55.8 Å². The Kier molecular flexibility index (Phi) is 7.95. The van der Waals surface area contributed by atoms with Crippen molar-refractivity contribution in [2.75, 3.05) is 30.3 Å². The molecule has 4 rings (SSSR count). The van der Waals surface area contributed by atoms with Crippen LogP contribution < -0.4 is 10.6 Å². The standard InChI is InChI=1S/C18H23ClF2N6.2ClH/c19-13-3-1-12(2-4-13)9-15-10-18(20,21)11-27(15)14-5-7-26(8-6-14)17-23-16(22)24-25-17;;/h1-4,14-15H,5-11H2,(H3,22,23,24,25);2*1H/t15-;;/m0../s1. The summed E-state index contributed by atoms with van der Waals surface area (Å²) in [6, 6.07) is 7.47. The van der Waals surface area contributed by atoms with Crippen molar-refractivity contribution in [2.45, 2.75) is 43.7 Å². The molecule has 2 aromatic rings. The van der Waals surface area contributed by atoms with E-state index in [4.69, 9.17) is 17.3 Å². The number of aromatic nitrogens is 3. The lowest BCUT2D eigenvalue weighted by atomic mass is 9.99. The molecule has 1 atom stereocenters. The molecule has 3 N–H and O–H groups in total. The minimum atomic E-state index is -2.63. The van der Waals surface area contributed by atoms with Crippen LogP contribution in [0.4, 0.5) is 20.7 Å². The quantitative estimate of drug-likeness (QED) is 0.712. The number of alkyl halides is 2. The third-order valence-corrected chi connectivity index (χ3v) is 5.78. The van der Waals surface area contributed by atoms with Crippen molar-refractivity contribution >= 4 is 48.3 Å². The SMILES string of the molecule is Cl.Cl.Nc1nnc(N2CCC(N3CC(F)(F)C[C@@H]3Cc3ccc(Cl)cc3)CC2)[nH]1. The van der Waals surface area contributed by atoms with E-state index in [9.17, 15) is 8.78 Å². The number of nitrogen functional groups attached to an aromatic ring is 1. The summed E-state index contributed by atoms with van der Waals surface area (Å²) in [5.41, 5.74) is 6.63. The second kappa shape index (κ2) is 9.64. The average molecular weight is 470 g/mol. The van der Waals surface area contributed by atoms with Gasteiger partial charge in [0.05, 0.1) is 6.54 Å². The maximum atomic E-state index is 14.2. The number of nitrogens with one attached hydrogen (secondary N) is 1. The summed E-state index contributed by atoms with van der Waals surface area (Å²) < 4.78 is 28.4. The van der Waals surface area contributed by atoms with Gasteiger partial charge in [-0.1, -0.05) is 23.7 Å². The highest BCUT2D eigenvalue weighted by molar-refractivity contribution is 6.30. The molecule has 162 valence electrons. The van der Waals surface area contributed by atoms with E-state index in [0.29, 0.717) is 17.4 Å². The van der Waals surface area contributed by atoms with Gasteiger partial charge in [0.25, 0.3) is 5.92 Å². The van der Waals surface area contributed by atoms with Gasteiger partial charge in [0, 0.05) is 36.6 Å². The summed E-state index contributed by atoms with van der Waals surface area (Å²) in [5, 5.41) is 8.46. The molecule has 0 spiro atoms. The molecule has 0 amide bonds. The van der Waals surface area contributed by atoms with Crippen LogP contribution >= 0.6 is 36.4 Å². The van der Waals surface area contributed by atoms with E-state index < -0.39 is 5.92 Å². The van der Waals surface area contributed by atoms with Gasteiger partial charge in [-0.15, -0.1) is 35.0 Å². The average Bonchev–Trinajstić information content (AvgIpc) is 3.20. The first-order chi connectivity index (χ1) is 12.9. The van der Waals surface area contributed by atoms with Gasteiger partial charge in [-0.25, -0.2) is 8.78 Å². The molecule has 11 heteroatoms. The van der Waals surface area contributed by atoms with Crippen LogP contribution in [0.1, 0.15) is 24.8 Å². The number of hydrogen-bond donors (Lipinski definition) is 2. The van der Waals surface area contributed by atoms with E-state index in [1.807, 2.05) is 29.2 Å².